The summed E-state index contributed by atoms with van der Waals surface area (Å²) in [5.74, 6) is 0.159. The summed E-state index contributed by atoms with van der Waals surface area (Å²) in [5, 5.41) is 3.05. The van der Waals surface area contributed by atoms with Gasteiger partial charge in [0.15, 0.2) is 0 Å². The summed E-state index contributed by atoms with van der Waals surface area (Å²) in [6.45, 7) is 8.78. The number of carbonyl (C=O) groups excluding carboxylic acids is 2. The van der Waals surface area contributed by atoms with Gasteiger partial charge >= 0.3 is 6.03 Å². The third-order valence-corrected chi connectivity index (χ3v) is 5.75. The molecule has 0 aromatic heterocycles. The Morgan fingerprint density at radius 1 is 1.08 bits per heavy atom. The van der Waals surface area contributed by atoms with Crippen molar-refractivity contribution in [3.8, 4) is 0 Å². The predicted octanol–water partition coefficient (Wildman–Crippen LogP) is -0.345. The van der Waals surface area contributed by atoms with Crippen molar-refractivity contribution in [2.45, 2.75) is 31.8 Å². The van der Waals surface area contributed by atoms with Crippen LogP contribution in [0.15, 0.2) is 0 Å². The first-order valence-corrected chi connectivity index (χ1v) is 9.87. The summed E-state index contributed by atoms with van der Waals surface area (Å²) < 4.78 is 5.32. The summed E-state index contributed by atoms with van der Waals surface area (Å²) in [4.78, 5) is 33.0. The lowest BCUT2D eigenvalue weighted by Gasteiger charge is -2.36. The van der Waals surface area contributed by atoms with Gasteiger partial charge < -0.3 is 19.9 Å². The molecular formula is C18H33N5O3. The zero-order valence-corrected chi connectivity index (χ0v) is 16.2. The van der Waals surface area contributed by atoms with Crippen LogP contribution in [0.3, 0.4) is 0 Å². The summed E-state index contributed by atoms with van der Waals surface area (Å²) in [6, 6.07) is 1.03. The zero-order valence-electron chi connectivity index (χ0n) is 16.2. The number of likely N-dealkylation sites (N-methyl/N-ethyl adjacent to an activating group) is 1. The van der Waals surface area contributed by atoms with Crippen LogP contribution >= 0.6 is 0 Å². The van der Waals surface area contributed by atoms with E-state index in [4.69, 9.17) is 4.74 Å². The highest BCUT2D eigenvalue weighted by Gasteiger charge is 2.30. The first-order valence-electron chi connectivity index (χ1n) is 9.87. The predicted molar refractivity (Wildman–Crippen MR) is 99.1 cm³/mol. The molecular weight excluding hydrogens is 334 g/mol. The van der Waals surface area contributed by atoms with Gasteiger partial charge in [-0.1, -0.05) is 0 Å². The number of nitrogens with one attached hydrogen (secondary N) is 1. The van der Waals surface area contributed by atoms with Gasteiger partial charge in [0.1, 0.15) is 0 Å². The normalized spacial score (nSPS) is 23.2. The van der Waals surface area contributed by atoms with Gasteiger partial charge in [-0.25, -0.2) is 4.79 Å². The molecule has 0 radical (unpaired) electrons. The molecule has 0 aromatic rings. The second-order valence-corrected chi connectivity index (χ2v) is 7.69. The number of urea groups is 1. The molecule has 0 bridgehead atoms. The van der Waals surface area contributed by atoms with Crippen molar-refractivity contribution in [2.24, 2.45) is 0 Å². The summed E-state index contributed by atoms with van der Waals surface area (Å²) in [5.41, 5.74) is 0. The van der Waals surface area contributed by atoms with Gasteiger partial charge in [-0.05, 0) is 26.8 Å². The molecule has 1 aliphatic carbocycles. The van der Waals surface area contributed by atoms with E-state index >= 15 is 0 Å². The number of hydrogen-bond donors (Lipinski definition) is 1. The Labute approximate surface area is 156 Å². The Morgan fingerprint density at radius 3 is 2.31 bits per heavy atom. The Kier molecular flexibility index (Phi) is 6.72. The highest BCUT2D eigenvalue weighted by molar-refractivity contribution is 5.79. The number of carbonyl (C=O) groups is 2. The second kappa shape index (κ2) is 9.01. The molecule has 8 heteroatoms. The first-order chi connectivity index (χ1) is 12.5. The van der Waals surface area contributed by atoms with Crippen LogP contribution in [-0.4, -0.2) is 116 Å². The molecule has 2 saturated heterocycles. The molecule has 0 spiro atoms. The van der Waals surface area contributed by atoms with Crippen molar-refractivity contribution >= 4 is 11.9 Å². The number of morpholine rings is 1. The molecule has 1 N–H and O–H groups in total. The van der Waals surface area contributed by atoms with Gasteiger partial charge in [0.25, 0.3) is 0 Å². The monoisotopic (exact) mass is 367 g/mol. The van der Waals surface area contributed by atoms with E-state index < -0.39 is 0 Å². The van der Waals surface area contributed by atoms with E-state index in [9.17, 15) is 9.59 Å². The highest BCUT2D eigenvalue weighted by atomic mass is 16.5. The lowest BCUT2D eigenvalue weighted by molar-refractivity contribution is -0.134. The van der Waals surface area contributed by atoms with Crippen molar-refractivity contribution < 1.29 is 14.3 Å². The van der Waals surface area contributed by atoms with Crippen LogP contribution in [0.4, 0.5) is 4.79 Å². The summed E-state index contributed by atoms with van der Waals surface area (Å²) >= 11 is 0. The van der Waals surface area contributed by atoms with Crippen molar-refractivity contribution in [1.82, 2.24) is 24.9 Å². The topological polar surface area (TPSA) is 68.4 Å². The molecule has 3 rings (SSSR count). The minimum Gasteiger partial charge on any atom is -0.379 e. The maximum Gasteiger partial charge on any atom is 0.317 e. The second-order valence-electron chi connectivity index (χ2n) is 7.69. The fourth-order valence-electron chi connectivity index (χ4n) is 3.54. The third-order valence-electron chi connectivity index (χ3n) is 5.75. The minimum absolute atomic E-state index is 0.0127. The quantitative estimate of drug-likeness (QED) is 0.695. The molecule has 3 fully saturated rings. The van der Waals surface area contributed by atoms with Crippen molar-refractivity contribution in [1.29, 1.82) is 0 Å². The van der Waals surface area contributed by atoms with Gasteiger partial charge in [0.2, 0.25) is 5.91 Å². The Morgan fingerprint density at radius 2 is 1.69 bits per heavy atom. The number of hydrogen-bond acceptors (Lipinski definition) is 5. The molecule has 1 unspecified atom stereocenters. The van der Waals surface area contributed by atoms with Crippen molar-refractivity contribution in [3.05, 3.63) is 0 Å². The van der Waals surface area contributed by atoms with Crippen LogP contribution in [0.2, 0.25) is 0 Å². The zero-order chi connectivity index (χ0) is 18.5. The van der Waals surface area contributed by atoms with Gasteiger partial charge in [0, 0.05) is 57.9 Å². The van der Waals surface area contributed by atoms with E-state index in [1.165, 1.54) is 12.8 Å². The molecule has 2 heterocycles. The number of amides is 3. The smallest absolute Gasteiger partial charge is 0.317 e. The fraction of sp³-hybridized carbons (Fsp3) is 0.889. The molecule has 26 heavy (non-hydrogen) atoms. The van der Waals surface area contributed by atoms with E-state index in [-0.39, 0.29) is 11.9 Å². The minimum atomic E-state index is -0.0127. The number of ether oxygens (including phenoxy) is 1. The number of nitrogens with zero attached hydrogens (tertiary/aromatic N) is 4. The molecule has 1 atom stereocenters. The third kappa shape index (κ3) is 5.31. The maximum atomic E-state index is 12.4. The number of piperazine rings is 1. The van der Waals surface area contributed by atoms with Gasteiger partial charge in [-0.3, -0.25) is 14.6 Å². The van der Waals surface area contributed by atoms with Crippen LogP contribution in [-0.2, 0) is 9.53 Å². The van der Waals surface area contributed by atoms with Gasteiger partial charge in [0.05, 0.1) is 19.8 Å². The molecule has 1 saturated carbocycles. The van der Waals surface area contributed by atoms with Gasteiger partial charge in [-0.2, -0.15) is 0 Å². The van der Waals surface area contributed by atoms with Crippen LogP contribution < -0.4 is 5.32 Å². The Hall–Kier alpha value is -1.38. The van der Waals surface area contributed by atoms with Crippen molar-refractivity contribution in [3.63, 3.8) is 0 Å². The van der Waals surface area contributed by atoms with Crippen molar-refractivity contribution in [2.75, 3.05) is 72.6 Å². The van der Waals surface area contributed by atoms with E-state index in [1.807, 2.05) is 9.80 Å². The molecule has 0 aromatic carbocycles. The van der Waals surface area contributed by atoms with E-state index in [1.54, 1.807) is 0 Å². The van der Waals surface area contributed by atoms with Crippen LogP contribution in [0.1, 0.15) is 19.8 Å². The molecule has 148 valence electrons. The average molecular weight is 367 g/mol. The van der Waals surface area contributed by atoms with E-state index in [0.717, 1.165) is 13.1 Å². The molecule has 8 nitrogen and oxygen atoms in total. The standard InChI is InChI=1S/C18H33N5O3/c1-15(20(2)16-3-4-16)13-19-18(25)23-7-5-22(6-8-23)17(24)14-21-9-11-26-12-10-21/h15-16H,3-14H2,1-2H3,(H,19,25). The largest absolute Gasteiger partial charge is 0.379 e. The van der Waals surface area contributed by atoms with Crippen LogP contribution in [0, 0.1) is 0 Å². The summed E-state index contributed by atoms with van der Waals surface area (Å²) in [7, 11) is 2.13. The molecule has 3 amide bonds. The Bertz CT molecular complexity index is 485. The van der Waals surface area contributed by atoms with Crippen LogP contribution in [0.5, 0.6) is 0 Å². The SMILES string of the molecule is CC(CNC(=O)N1CCN(C(=O)CN2CCOCC2)CC1)N(C)C1CC1. The highest BCUT2D eigenvalue weighted by Crippen LogP contribution is 2.26. The first kappa shape index (κ1) is 19.4. The van der Waals surface area contributed by atoms with Gasteiger partial charge in [-0.15, -0.1) is 0 Å². The molecule has 2 aliphatic heterocycles. The van der Waals surface area contributed by atoms with E-state index in [2.05, 4.69) is 29.1 Å². The fourth-order valence-corrected chi connectivity index (χ4v) is 3.54. The summed E-state index contributed by atoms with van der Waals surface area (Å²) in [6.07, 6.45) is 2.55. The van der Waals surface area contributed by atoms with E-state index in [0.29, 0.717) is 64.6 Å². The lowest BCUT2D eigenvalue weighted by Crippen LogP contribution is -2.56. The maximum absolute atomic E-state index is 12.4. The Balaban J connectivity index is 1.34. The number of rotatable bonds is 6. The van der Waals surface area contributed by atoms with Crippen LogP contribution in [0.25, 0.3) is 0 Å². The average Bonchev–Trinajstić information content (AvgIpc) is 3.51. The lowest BCUT2D eigenvalue weighted by atomic mass is 10.3. The molecule has 3 aliphatic rings.